The summed E-state index contributed by atoms with van der Waals surface area (Å²) >= 11 is 1.62. The van der Waals surface area contributed by atoms with Crippen molar-refractivity contribution >= 4 is 24.1 Å². The van der Waals surface area contributed by atoms with Crippen molar-refractivity contribution in [1.82, 2.24) is 15.1 Å². The quantitative estimate of drug-likeness (QED) is 0.515. The van der Waals surface area contributed by atoms with Crippen LogP contribution in [0.3, 0.4) is 0 Å². The van der Waals surface area contributed by atoms with Crippen LogP contribution in [-0.2, 0) is 22.4 Å². The van der Waals surface area contributed by atoms with E-state index in [1.807, 2.05) is 13.2 Å². The van der Waals surface area contributed by atoms with Gasteiger partial charge in [-0.05, 0) is 17.7 Å². The summed E-state index contributed by atoms with van der Waals surface area (Å²) < 4.78 is 1.73. The second kappa shape index (κ2) is 6.95. The predicted octanol–water partition coefficient (Wildman–Crippen LogP) is 0.243. The number of aromatic nitrogens is 2. The van der Waals surface area contributed by atoms with Gasteiger partial charge in [0.05, 0.1) is 6.20 Å². The van der Waals surface area contributed by atoms with Crippen LogP contribution in [0.1, 0.15) is 12.0 Å². The fourth-order valence-electron chi connectivity index (χ4n) is 1.30. The molecule has 0 radical (unpaired) electrons. The molecular weight excluding hydrogens is 242 g/mol. The molecule has 0 aliphatic carbocycles. The Morgan fingerprint density at radius 1 is 1.76 bits per heavy atom. The summed E-state index contributed by atoms with van der Waals surface area (Å²) in [6.07, 6.45) is 4.54. The van der Waals surface area contributed by atoms with Crippen LogP contribution < -0.4 is 5.32 Å². The van der Waals surface area contributed by atoms with Crippen molar-refractivity contribution in [2.75, 3.05) is 5.75 Å². The molecule has 17 heavy (non-hydrogen) atoms. The summed E-state index contributed by atoms with van der Waals surface area (Å²) in [4.78, 5) is 20.9. The molecule has 94 valence electrons. The highest BCUT2D eigenvalue weighted by Crippen LogP contribution is 2.13. The molecule has 0 saturated carbocycles. The Morgan fingerprint density at radius 2 is 2.53 bits per heavy atom. The summed E-state index contributed by atoms with van der Waals surface area (Å²) in [7, 11) is 1.85. The van der Waals surface area contributed by atoms with Crippen LogP contribution in [0.2, 0.25) is 0 Å². The number of hydrogen-bond acceptors (Lipinski definition) is 4. The fraction of sp³-hybridized carbons (Fsp3) is 0.500. The molecular formula is C10H15N3O3S. The molecule has 6 nitrogen and oxygen atoms in total. The second-order valence-corrected chi connectivity index (χ2v) is 4.64. The highest BCUT2D eigenvalue weighted by Gasteiger charge is 2.15. The van der Waals surface area contributed by atoms with Gasteiger partial charge in [-0.25, -0.2) is 4.79 Å². The SMILES string of the molecule is Cn1cc(CSCCC(NC=O)C(=O)O)cn1. The summed E-state index contributed by atoms with van der Waals surface area (Å²) in [6.45, 7) is 0. The Balaban J connectivity index is 2.22. The van der Waals surface area contributed by atoms with Crippen LogP contribution in [0.15, 0.2) is 12.4 Å². The topological polar surface area (TPSA) is 84.2 Å². The Morgan fingerprint density at radius 3 is 3.06 bits per heavy atom. The van der Waals surface area contributed by atoms with E-state index in [2.05, 4.69) is 10.4 Å². The van der Waals surface area contributed by atoms with E-state index in [1.54, 1.807) is 22.6 Å². The van der Waals surface area contributed by atoms with Gasteiger partial charge in [0.25, 0.3) is 0 Å². The van der Waals surface area contributed by atoms with Gasteiger partial charge in [-0.1, -0.05) is 0 Å². The van der Waals surface area contributed by atoms with Gasteiger partial charge in [-0.3, -0.25) is 9.48 Å². The maximum atomic E-state index is 10.7. The number of aliphatic carboxylic acids is 1. The van der Waals surface area contributed by atoms with Crippen LogP contribution in [-0.4, -0.2) is 39.1 Å². The number of nitrogens with one attached hydrogen (secondary N) is 1. The lowest BCUT2D eigenvalue weighted by molar-refractivity contribution is -0.140. The molecule has 1 amide bonds. The molecule has 1 atom stereocenters. The number of carboxylic acids is 1. The molecule has 2 N–H and O–H groups in total. The second-order valence-electron chi connectivity index (χ2n) is 3.54. The van der Waals surface area contributed by atoms with E-state index in [-0.39, 0.29) is 0 Å². The van der Waals surface area contributed by atoms with E-state index in [4.69, 9.17) is 5.11 Å². The lowest BCUT2D eigenvalue weighted by Crippen LogP contribution is -2.36. The number of thioether (sulfide) groups is 1. The maximum absolute atomic E-state index is 10.7. The van der Waals surface area contributed by atoms with Gasteiger partial charge in [0.2, 0.25) is 6.41 Å². The van der Waals surface area contributed by atoms with E-state index in [9.17, 15) is 9.59 Å². The minimum absolute atomic E-state index is 0.416. The summed E-state index contributed by atoms with van der Waals surface area (Å²) in [5, 5.41) is 15.1. The lowest BCUT2D eigenvalue weighted by Gasteiger charge is -2.09. The van der Waals surface area contributed by atoms with Gasteiger partial charge in [0.1, 0.15) is 6.04 Å². The number of carbonyl (C=O) groups is 2. The normalized spacial score (nSPS) is 12.1. The van der Waals surface area contributed by atoms with Crippen molar-refractivity contribution in [2.24, 2.45) is 7.05 Å². The monoisotopic (exact) mass is 257 g/mol. The summed E-state index contributed by atoms with van der Waals surface area (Å²) in [6, 6.07) is -0.797. The van der Waals surface area contributed by atoms with Crippen molar-refractivity contribution in [3.8, 4) is 0 Å². The third-order valence-electron chi connectivity index (χ3n) is 2.15. The molecule has 0 aromatic carbocycles. The number of nitrogens with zero attached hydrogens (tertiary/aromatic N) is 2. The van der Waals surface area contributed by atoms with Crippen molar-refractivity contribution in [2.45, 2.75) is 18.2 Å². The van der Waals surface area contributed by atoms with E-state index >= 15 is 0 Å². The molecule has 0 aliphatic rings. The van der Waals surface area contributed by atoms with Crippen molar-refractivity contribution in [3.63, 3.8) is 0 Å². The first-order chi connectivity index (χ1) is 8.13. The molecule has 1 heterocycles. The predicted molar refractivity (Wildman–Crippen MR) is 64.6 cm³/mol. The van der Waals surface area contributed by atoms with Gasteiger partial charge in [-0.15, -0.1) is 0 Å². The van der Waals surface area contributed by atoms with Gasteiger partial charge < -0.3 is 10.4 Å². The van der Waals surface area contributed by atoms with Gasteiger partial charge in [0, 0.05) is 19.0 Å². The Hall–Kier alpha value is -1.50. The molecule has 0 aliphatic heterocycles. The van der Waals surface area contributed by atoms with E-state index < -0.39 is 12.0 Å². The van der Waals surface area contributed by atoms with Crippen molar-refractivity contribution < 1.29 is 14.7 Å². The fourth-order valence-corrected chi connectivity index (χ4v) is 2.23. The zero-order valence-corrected chi connectivity index (χ0v) is 10.3. The van der Waals surface area contributed by atoms with Crippen molar-refractivity contribution in [3.05, 3.63) is 18.0 Å². The molecule has 1 unspecified atom stereocenters. The molecule has 0 spiro atoms. The largest absolute Gasteiger partial charge is 0.480 e. The van der Waals surface area contributed by atoms with Crippen molar-refractivity contribution in [1.29, 1.82) is 0 Å². The molecule has 0 bridgehead atoms. The smallest absolute Gasteiger partial charge is 0.326 e. The highest BCUT2D eigenvalue weighted by atomic mass is 32.2. The van der Waals surface area contributed by atoms with Crippen LogP contribution in [0.4, 0.5) is 0 Å². The number of carboxylic acid groups (broad SMARTS) is 1. The van der Waals surface area contributed by atoms with Gasteiger partial charge >= 0.3 is 5.97 Å². The van der Waals surface area contributed by atoms with Crippen LogP contribution in [0.25, 0.3) is 0 Å². The number of rotatable bonds is 8. The lowest BCUT2D eigenvalue weighted by atomic mass is 10.2. The van der Waals surface area contributed by atoms with Crippen LogP contribution in [0, 0.1) is 0 Å². The Labute approximate surface area is 103 Å². The Bertz CT molecular complexity index is 381. The summed E-state index contributed by atoms with van der Waals surface area (Å²) in [5.74, 6) is 0.465. The molecule has 0 saturated heterocycles. The minimum Gasteiger partial charge on any atom is -0.480 e. The van der Waals surface area contributed by atoms with E-state index in [0.29, 0.717) is 18.6 Å². The third-order valence-corrected chi connectivity index (χ3v) is 3.21. The third kappa shape index (κ3) is 4.90. The summed E-state index contributed by atoms with van der Waals surface area (Å²) in [5.41, 5.74) is 1.10. The molecule has 1 aromatic rings. The first kappa shape index (κ1) is 13.6. The first-order valence-electron chi connectivity index (χ1n) is 5.11. The van der Waals surface area contributed by atoms with E-state index in [0.717, 1.165) is 11.3 Å². The highest BCUT2D eigenvalue weighted by molar-refractivity contribution is 7.98. The molecule has 0 fully saturated rings. The van der Waals surface area contributed by atoms with Gasteiger partial charge in [0.15, 0.2) is 0 Å². The standard InChI is InChI=1S/C10H15N3O3S/c1-13-5-8(4-12-13)6-17-3-2-9(10(15)16)11-7-14/h4-5,7,9H,2-3,6H2,1H3,(H,11,14)(H,15,16). The number of hydrogen-bond donors (Lipinski definition) is 2. The average Bonchev–Trinajstić information content (AvgIpc) is 2.68. The zero-order chi connectivity index (χ0) is 12.7. The number of aryl methyl sites for hydroxylation is 1. The Kier molecular flexibility index (Phi) is 5.55. The minimum atomic E-state index is -1.00. The zero-order valence-electron chi connectivity index (χ0n) is 9.50. The average molecular weight is 257 g/mol. The van der Waals surface area contributed by atoms with Crippen LogP contribution in [0.5, 0.6) is 0 Å². The first-order valence-corrected chi connectivity index (χ1v) is 6.26. The number of amides is 1. The molecule has 1 aromatic heterocycles. The number of carbonyl (C=O) groups excluding carboxylic acids is 1. The van der Waals surface area contributed by atoms with Crippen LogP contribution >= 0.6 is 11.8 Å². The molecule has 7 heteroatoms. The van der Waals surface area contributed by atoms with Gasteiger partial charge in [-0.2, -0.15) is 16.9 Å². The van der Waals surface area contributed by atoms with E-state index in [1.165, 1.54) is 0 Å². The molecule has 1 rings (SSSR count). The maximum Gasteiger partial charge on any atom is 0.326 e.